The van der Waals surface area contributed by atoms with E-state index in [2.05, 4.69) is 16.8 Å². The summed E-state index contributed by atoms with van der Waals surface area (Å²) >= 11 is 0. The van der Waals surface area contributed by atoms with Crippen LogP contribution in [-0.2, 0) is 13.6 Å². The van der Waals surface area contributed by atoms with E-state index < -0.39 is 5.69 Å². The van der Waals surface area contributed by atoms with Gasteiger partial charge in [-0.25, -0.2) is 4.79 Å². The van der Waals surface area contributed by atoms with Gasteiger partial charge in [-0.1, -0.05) is 26.2 Å². The number of hydrogen-bond acceptors (Lipinski definition) is 4. The van der Waals surface area contributed by atoms with Crippen LogP contribution in [0.25, 0.3) is 11.2 Å². The lowest BCUT2D eigenvalue weighted by molar-refractivity contribution is 0.354. The van der Waals surface area contributed by atoms with Crippen LogP contribution in [-0.4, -0.2) is 31.7 Å². The number of aromatic amines is 1. The average Bonchev–Trinajstić information content (AvgIpc) is 2.92. The number of anilines is 1. The van der Waals surface area contributed by atoms with E-state index in [4.69, 9.17) is 4.98 Å². The summed E-state index contributed by atoms with van der Waals surface area (Å²) in [4.78, 5) is 33.7. The highest BCUT2D eigenvalue weighted by Gasteiger charge is 2.32. The van der Waals surface area contributed by atoms with E-state index in [-0.39, 0.29) is 5.56 Å². The Labute approximate surface area is 133 Å². The molecule has 0 spiro atoms. The van der Waals surface area contributed by atoms with E-state index in [1.54, 1.807) is 7.05 Å². The molecule has 2 aromatic heterocycles. The van der Waals surface area contributed by atoms with E-state index in [0.717, 1.165) is 19.0 Å². The summed E-state index contributed by atoms with van der Waals surface area (Å²) in [5, 5.41) is 0. The lowest BCUT2D eigenvalue weighted by Gasteiger charge is -2.40. The number of aryl methyl sites for hydroxylation is 1. The highest BCUT2D eigenvalue weighted by Crippen LogP contribution is 2.32. The lowest BCUT2D eigenvalue weighted by Crippen LogP contribution is -2.45. The third kappa shape index (κ3) is 2.21. The first-order valence-electron chi connectivity index (χ1n) is 8.52. The SMILES string of the molecule is C[C@H]1CN(C2CCCCC2)c2nc3c(c(=O)[nH]c(=O)n3C)n2C1. The van der Waals surface area contributed by atoms with Crippen molar-refractivity contribution in [3.05, 3.63) is 20.8 Å². The standard InChI is InChI=1S/C16H23N5O2/c1-10-8-20(11-6-4-3-5-7-11)15-17-13-12(21(15)9-10)14(22)18-16(23)19(13)2/h10-11H,3-9H2,1-2H3,(H,18,22,23)/t10-/m0/s1. The zero-order valence-electron chi connectivity index (χ0n) is 13.7. The summed E-state index contributed by atoms with van der Waals surface area (Å²) in [6, 6.07) is 0.498. The lowest BCUT2D eigenvalue weighted by atomic mass is 9.93. The summed E-state index contributed by atoms with van der Waals surface area (Å²) in [5.41, 5.74) is 0.271. The largest absolute Gasteiger partial charge is 0.339 e. The van der Waals surface area contributed by atoms with Crippen molar-refractivity contribution in [3.63, 3.8) is 0 Å². The van der Waals surface area contributed by atoms with E-state index in [0.29, 0.717) is 23.1 Å². The molecule has 1 saturated carbocycles. The van der Waals surface area contributed by atoms with Gasteiger partial charge in [-0.2, -0.15) is 4.98 Å². The summed E-state index contributed by atoms with van der Waals surface area (Å²) in [7, 11) is 1.66. The summed E-state index contributed by atoms with van der Waals surface area (Å²) < 4.78 is 3.45. The van der Waals surface area contributed by atoms with Crippen molar-refractivity contribution in [2.45, 2.75) is 51.6 Å². The molecule has 1 aliphatic carbocycles. The van der Waals surface area contributed by atoms with Gasteiger partial charge in [-0.3, -0.25) is 14.3 Å². The third-order valence-electron chi connectivity index (χ3n) is 5.26. The smallest absolute Gasteiger partial charge is 0.329 e. The van der Waals surface area contributed by atoms with Crippen LogP contribution in [0.1, 0.15) is 39.0 Å². The quantitative estimate of drug-likeness (QED) is 0.858. The van der Waals surface area contributed by atoms with Crippen LogP contribution in [0.3, 0.4) is 0 Å². The van der Waals surface area contributed by atoms with Gasteiger partial charge >= 0.3 is 5.69 Å². The monoisotopic (exact) mass is 317 g/mol. The fraction of sp³-hybridized carbons (Fsp3) is 0.688. The van der Waals surface area contributed by atoms with Gasteiger partial charge in [0.1, 0.15) is 0 Å². The Morgan fingerprint density at radius 1 is 1.13 bits per heavy atom. The summed E-state index contributed by atoms with van der Waals surface area (Å²) in [5.74, 6) is 1.31. The predicted octanol–water partition coefficient (Wildman–Crippen LogP) is 1.21. The number of aromatic nitrogens is 4. The molecule has 7 heteroatoms. The first-order valence-corrected chi connectivity index (χ1v) is 8.52. The second-order valence-electron chi connectivity index (χ2n) is 7.06. The van der Waals surface area contributed by atoms with Gasteiger partial charge in [-0.15, -0.1) is 0 Å². The molecule has 3 heterocycles. The van der Waals surface area contributed by atoms with Gasteiger partial charge in [0.25, 0.3) is 5.56 Å². The molecular weight excluding hydrogens is 294 g/mol. The van der Waals surface area contributed by atoms with E-state index in [1.807, 2.05) is 4.57 Å². The molecule has 2 aromatic rings. The minimum absolute atomic E-state index is 0.334. The molecular formula is C16H23N5O2. The Morgan fingerprint density at radius 3 is 2.61 bits per heavy atom. The minimum Gasteiger partial charge on any atom is -0.339 e. The molecule has 7 nitrogen and oxygen atoms in total. The number of nitrogens with one attached hydrogen (secondary N) is 1. The third-order valence-corrected chi connectivity index (χ3v) is 5.26. The van der Waals surface area contributed by atoms with Crippen LogP contribution >= 0.6 is 0 Å². The number of H-pyrrole nitrogens is 1. The van der Waals surface area contributed by atoms with Crippen molar-refractivity contribution >= 4 is 17.1 Å². The van der Waals surface area contributed by atoms with Crippen LogP contribution in [0.4, 0.5) is 5.95 Å². The normalized spacial score (nSPS) is 22.5. The molecule has 0 aromatic carbocycles. The maximum atomic E-state index is 12.3. The highest BCUT2D eigenvalue weighted by molar-refractivity contribution is 5.74. The second-order valence-corrected chi connectivity index (χ2v) is 7.06. The molecule has 0 radical (unpaired) electrons. The highest BCUT2D eigenvalue weighted by atomic mass is 16.2. The fourth-order valence-electron chi connectivity index (χ4n) is 4.11. The fourth-order valence-corrected chi connectivity index (χ4v) is 4.11. The molecule has 23 heavy (non-hydrogen) atoms. The molecule has 4 rings (SSSR count). The summed E-state index contributed by atoms with van der Waals surface area (Å²) in [6.07, 6.45) is 6.20. The molecule has 124 valence electrons. The Hall–Kier alpha value is -2.05. The van der Waals surface area contributed by atoms with Gasteiger partial charge in [0.05, 0.1) is 0 Å². The molecule has 0 saturated heterocycles. The van der Waals surface area contributed by atoms with Crippen LogP contribution in [0.5, 0.6) is 0 Å². The van der Waals surface area contributed by atoms with Crippen molar-refractivity contribution in [1.29, 1.82) is 0 Å². The number of fused-ring (bicyclic) bond motifs is 3. The average molecular weight is 317 g/mol. The van der Waals surface area contributed by atoms with E-state index in [9.17, 15) is 9.59 Å². The Balaban J connectivity index is 1.92. The minimum atomic E-state index is -0.407. The Kier molecular flexibility index (Phi) is 3.32. The van der Waals surface area contributed by atoms with E-state index >= 15 is 0 Å². The number of imidazole rings is 1. The van der Waals surface area contributed by atoms with Crippen molar-refractivity contribution in [3.8, 4) is 0 Å². The topological polar surface area (TPSA) is 75.9 Å². The van der Waals surface area contributed by atoms with Crippen LogP contribution in [0.2, 0.25) is 0 Å². The van der Waals surface area contributed by atoms with Crippen LogP contribution in [0, 0.1) is 5.92 Å². The van der Waals surface area contributed by atoms with Gasteiger partial charge in [0, 0.05) is 26.2 Å². The zero-order chi connectivity index (χ0) is 16.1. The zero-order valence-corrected chi connectivity index (χ0v) is 13.7. The van der Waals surface area contributed by atoms with Gasteiger partial charge in [-0.05, 0) is 18.8 Å². The van der Waals surface area contributed by atoms with Crippen LogP contribution < -0.4 is 16.1 Å². The maximum absolute atomic E-state index is 12.3. The first kappa shape index (κ1) is 14.5. The van der Waals surface area contributed by atoms with Gasteiger partial charge in [0.15, 0.2) is 11.2 Å². The number of nitrogens with zero attached hydrogens (tertiary/aromatic N) is 4. The Bertz CT molecular complexity index is 856. The molecule has 1 fully saturated rings. The molecule has 0 amide bonds. The predicted molar refractivity (Wildman–Crippen MR) is 89.0 cm³/mol. The van der Waals surface area contributed by atoms with Crippen LogP contribution in [0.15, 0.2) is 9.59 Å². The van der Waals surface area contributed by atoms with Gasteiger partial charge in [0.2, 0.25) is 5.95 Å². The van der Waals surface area contributed by atoms with Gasteiger partial charge < -0.3 is 9.47 Å². The van der Waals surface area contributed by atoms with E-state index in [1.165, 1.54) is 36.7 Å². The maximum Gasteiger partial charge on any atom is 0.329 e. The first-order chi connectivity index (χ1) is 11.1. The molecule has 2 aliphatic rings. The molecule has 1 N–H and O–H groups in total. The van der Waals surface area contributed by atoms with Crippen molar-refractivity contribution in [2.75, 3.05) is 11.4 Å². The Morgan fingerprint density at radius 2 is 1.87 bits per heavy atom. The van der Waals surface area contributed by atoms with Crippen molar-refractivity contribution < 1.29 is 0 Å². The van der Waals surface area contributed by atoms with Crippen molar-refractivity contribution in [2.24, 2.45) is 13.0 Å². The molecule has 1 aliphatic heterocycles. The molecule has 1 atom stereocenters. The second kappa shape index (κ2) is 5.25. The molecule has 0 bridgehead atoms. The van der Waals surface area contributed by atoms with Crippen molar-refractivity contribution in [1.82, 2.24) is 19.1 Å². The number of hydrogen-bond donors (Lipinski definition) is 1. The summed E-state index contributed by atoms with van der Waals surface area (Å²) in [6.45, 7) is 3.96. The number of rotatable bonds is 1. The molecule has 0 unspecified atom stereocenters.